The highest BCUT2D eigenvalue weighted by Gasteiger charge is 2.27. The minimum absolute atomic E-state index is 0.295. The molecule has 0 radical (unpaired) electrons. The van der Waals surface area contributed by atoms with E-state index in [1.54, 1.807) is 28.7 Å². The van der Waals surface area contributed by atoms with Crippen LogP contribution in [0.5, 0.6) is 0 Å². The number of aromatic amines is 1. The van der Waals surface area contributed by atoms with Crippen molar-refractivity contribution in [2.24, 2.45) is 0 Å². The van der Waals surface area contributed by atoms with E-state index in [-0.39, 0.29) is 0 Å². The lowest BCUT2D eigenvalue weighted by Gasteiger charge is -2.24. The fraction of sp³-hybridized carbons (Fsp3) is 0.321. The summed E-state index contributed by atoms with van der Waals surface area (Å²) >= 11 is 0. The first kappa shape index (κ1) is 23.5. The summed E-state index contributed by atoms with van der Waals surface area (Å²) in [6, 6.07) is 13.7. The highest BCUT2D eigenvalue weighted by Crippen LogP contribution is 2.32. The summed E-state index contributed by atoms with van der Waals surface area (Å²) in [5.74, 6) is 0. The van der Waals surface area contributed by atoms with Crippen molar-refractivity contribution >= 4 is 32.2 Å². The van der Waals surface area contributed by atoms with Crippen molar-refractivity contribution < 1.29 is 8.42 Å². The second kappa shape index (κ2) is 9.30. The van der Waals surface area contributed by atoms with Gasteiger partial charge in [0.25, 0.3) is 0 Å². The summed E-state index contributed by atoms with van der Waals surface area (Å²) in [6.45, 7) is 3.17. The number of benzene rings is 2. The number of nitrogens with one attached hydrogen (secondary N) is 2. The summed E-state index contributed by atoms with van der Waals surface area (Å²) in [7, 11) is -3.51. The van der Waals surface area contributed by atoms with Gasteiger partial charge < -0.3 is 14.9 Å². The molecule has 0 aliphatic carbocycles. The average molecular weight is 528 g/mol. The van der Waals surface area contributed by atoms with E-state index < -0.39 is 10.0 Å². The predicted octanol–water partition coefficient (Wildman–Crippen LogP) is 4.35. The van der Waals surface area contributed by atoms with Gasteiger partial charge in [0.05, 0.1) is 34.1 Å². The Balaban J connectivity index is 1.27. The van der Waals surface area contributed by atoms with Crippen molar-refractivity contribution in [2.75, 3.05) is 26.2 Å². The third kappa shape index (κ3) is 4.00. The van der Waals surface area contributed by atoms with E-state index >= 15 is 0 Å². The zero-order valence-corrected chi connectivity index (χ0v) is 21.8. The number of hydrogen-bond donors (Lipinski definition) is 2. The second-order valence-electron chi connectivity index (χ2n) is 10.1. The number of aromatic nitrogens is 5. The van der Waals surface area contributed by atoms with Crippen molar-refractivity contribution in [1.82, 2.24) is 34.1 Å². The average Bonchev–Trinajstić information content (AvgIpc) is 3.73. The third-order valence-electron chi connectivity index (χ3n) is 7.76. The minimum atomic E-state index is -3.51. The number of imidazole rings is 1. The van der Waals surface area contributed by atoms with Crippen molar-refractivity contribution in [3.05, 3.63) is 61.2 Å². The zero-order chi connectivity index (χ0) is 25.7. The Kier molecular flexibility index (Phi) is 5.75. The van der Waals surface area contributed by atoms with Gasteiger partial charge in [0.2, 0.25) is 10.0 Å². The number of piperidine rings is 1. The molecule has 38 heavy (non-hydrogen) atoms. The van der Waals surface area contributed by atoms with Gasteiger partial charge in [-0.1, -0.05) is 18.2 Å². The Bertz CT molecular complexity index is 1750. The number of hydrogen-bond acceptors (Lipinski definition) is 6. The molecule has 0 amide bonds. The molecule has 2 aliphatic heterocycles. The first-order chi connectivity index (χ1) is 18.6. The maximum Gasteiger partial charge on any atom is 0.243 e. The van der Waals surface area contributed by atoms with Crippen LogP contribution in [0.1, 0.15) is 31.7 Å². The lowest BCUT2D eigenvalue weighted by molar-refractivity contribution is 0.378. The molecule has 1 atom stereocenters. The Morgan fingerprint density at radius 3 is 2.71 bits per heavy atom. The van der Waals surface area contributed by atoms with E-state index in [2.05, 4.69) is 43.0 Å². The molecule has 0 saturated carbocycles. The molecule has 2 aromatic carbocycles. The first-order valence-corrected chi connectivity index (χ1v) is 14.6. The summed E-state index contributed by atoms with van der Waals surface area (Å²) in [6.07, 6.45) is 9.68. The van der Waals surface area contributed by atoms with E-state index in [1.165, 1.54) is 0 Å². The summed E-state index contributed by atoms with van der Waals surface area (Å²) in [4.78, 5) is 17.7. The number of rotatable bonds is 5. The molecular weight excluding hydrogens is 498 g/mol. The number of nitrogens with zero attached hydrogens (tertiary/aromatic N) is 5. The molecular formula is C28H29N7O2S. The molecule has 1 unspecified atom stereocenters. The normalized spacial score (nSPS) is 19.0. The van der Waals surface area contributed by atoms with Crippen LogP contribution in [0.3, 0.4) is 0 Å². The summed E-state index contributed by atoms with van der Waals surface area (Å²) < 4.78 is 30.1. The largest absolute Gasteiger partial charge is 0.344 e. The van der Waals surface area contributed by atoms with Gasteiger partial charge >= 0.3 is 0 Å². The summed E-state index contributed by atoms with van der Waals surface area (Å²) in [5, 5.41) is 3.49. The van der Waals surface area contributed by atoms with E-state index in [4.69, 9.17) is 4.98 Å². The van der Waals surface area contributed by atoms with Crippen LogP contribution >= 0.6 is 0 Å². The fourth-order valence-corrected chi connectivity index (χ4v) is 7.26. The van der Waals surface area contributed by atoms with Crippen molar-refractivity contribution in [1.29, 1.82) is 0 Å². The van der Waals surface area contributed by atoms with Crippen LogP contribution in [0.25, 0.3) is 44.6 Å². The van der Waals surface area contributed by atoms with Crippen LogP contribution in [0.15, 0.2) is 66.1 Å². The van der Waals surface area contributed by atoms with E-state index in [0.29, 0.717) is 35.4 Å². The second-order valence-corrected chi connectivity index (χ2v) is 12.1. The molecule has 9 nitrogen and oxygen atoms in total. The Morgan fingerprint density at radius 2 is 1.87 bits per heavy atom. The van der Waals surface area contributed by atoms with E-state index in [0.717, 1.165) is 72.0 Å². The van der Waals surface area contributed by atoms with Crippen LogP contribution in [-0.2, 0) is 10.0 Å². The predicted molar refractivity (Wildman–Crippen MR) is 147 cm³/mol. The molecule has 3 aromatic heterocycles. The molecule has 5 heterocycles. The van der Waals surface area contributed by atoms with Gasteiger partial charge in [0, 0.05) is 43.0 Å². The molecule has 0 bridgehead atoms. The van der Waals surface area contributed by atoms with Gasteiger partial charge in [-0.25, -0.2) is 23.4 Å². The highest BCUT2D eigenvalue weighted by atomic mass is 32.2. The van der Waals surface area contributed by atoms with Crippen LogP contribution in [0, 0.1) is 0 Å². The maximum absolute atomic E-state index is 13.1. The topological polar surface area (TPSA) is 109 Å². The first-order valence-electron chi connectivity index (χ1n) is 13.2. The Hall–Kier alpha value is -3.60. The fourth-order valence-electron chi connectivity index (χ4n) is 5.70. The minimum Gasteiger partial charge on any atom is -0.344 e. The Labute approximate surface area is 221 Å². The van der Waals surface area contributed by atoms with Gasteiger partial charge in [-0.3, -0.25) is 0 Å². The van der Waals surface area contributed by atoms with Crippen LogP contribution < -0.4 is 5.32 Å². The molecule has 2 aliphatic rings. The molecule has 0 spiro atoms. The van der Waals surface area contributed by atoms with Gasteiger partial charge in [0.15, 0.2) is 5.65 Å². The van der Waals surface area contributed by atoms with Gasteiger partial charge in [-0.15, -0.1) is 0 Å². The van der Waals surface area contributed by atoms with Gasteiger partial charge in [0.1, 0.15) is 5.52 Å². The van der Waals surface area contributed by atoms with Crippen LogP contribution in [0.2, 0.25) is 0 Å². The maximum atomic E-state index is 13.1. The van der Waals surface area contributed by atoms with E-state index in [9.17, 15) is 8.42 Å². The molecule has 7 rings (SSSR count). The molecule has 5 aromatic rings. The SMILES string of the molecule is O=S(=O)(c1cccc(-c2cnc3[nH]cc(-c4ccc5ncn(C6CCCNC6)c5c4)c3n2)c1)N1CCCC1. The highest BCUT2D eigenvalue weighted by molar-refractivity contribution is 7.89. The van der Waals surface area contributed by atoms with Crippen molar-refractivity contribution in [2.45, 2.75) is 36.6 Å². The van der Waals surface area contributed by atoms with Crippen molar-refractivity contribution in [3.63, 3.8) is 0 Å². The number of H-pyrrole nitrogens is 1. The molecule has 2 fully saturated rings. The van der Waals surface area contributed by atoms with Gasteiger partial charge in [-0.2, -0.15) is 4.31 Å². The number of fused-ring (bicyclic) bond motifs is 2. The quantitative estimate of drug-likeness (QED) is 0.352. The van der Waals surface area contributed by atoms with Crippen LogP contribution in [0.4, 0.5) is 0 Å². The smallest absolute Gasteiger partial charge is 0.243 e. The van der Waals surface area contributed by atoms with Crippen LogP contribution in [-0.4, -0.2) is 63.4 Å². The standard InChI is InChI=1S/C28H29N7O2S/c36-38(37,34-11-1-2-12-34)22-7-3-5-20(13-22)25-17-31-28-27(33-25)23(16-30-28)19-8-9-24-26(14-19)35(18-32-24)21-6-4-10-29-15-21/h3,5,7-9,13-14,16-18,21,29H,1-2,4,6,10-12,15H2,(H,30,31). The third-order valence-corrected chi connectivity index (χ3v) is 9.66. The zero-order valence-electron chi connectivity index (χ0n) is 21.0. The van der Waals surface area contributed by atoms with Crippen molar-refractivity contribution in [3.8, 4) is 22.4 Å². The molecule has 2 saturated heterocycles. The van der Waals surface area contributed by atoms with Gasteiger partial charge in [-0.05, 0) is 62.1 Å². The lowest BCUT2D eigenvalue weighted by Crippen LogP contribution is -2.31. The monoisotopic (exact) mass is 527 g/mol. The van der Waals surface area contributed by atoms with E-state index in [1.807, 2.05) is 18.6 Å². The lowest BCUT2D eigenvalue weighted by atomic mass is 10.1. The Morgan fingerprint density at radius 1 is 0.974 bits per heavy atom. The molecule has 194 valence electrons. The molecule has 10 heteroatoms. The summed E-state index contributed by atoms with van der Waals surface area (Å²) in [5.41, 5.74) is 6.87. The molecule has 2 N–H and O–H groups in total. The number of sulfonamides is 1.